The lowest BCUT2D eigenvalue weighted by atomic mass is 9.96. The van der Waals surface area contributed by atoms with Gasteiger partial charge in [0.05, 0.1) is 4.90 Å². The highest BCUT2D eigenvalue weighted by atomic mass is 32.2. The van der Waals surface area contributed by atoms with Crippen LogP contribution in [-0.4, -0.2) is 37.8 Å². The van der Waals surface area contributed by atoms with Crippen LogP contribution >= 0.6 is 0 Å². The molecule has 0 aliphatic carbocycles. The SMILES string of the molecule is C[C@H](CCc1ccccc1)NC(=O)C1CCN(S(=O)(=O)c2ccccc2)CC1. The Balaban J connectivity index is 1.47. The van der Waals surface area contributed by atoms with Crippen molar-refractivity contribution in [2.45, 2.75) is 43.5 Å². The van der Waals surface area contributed by atoms with Crippen molar-refractivity contribution >= 4 is 15.9 Å². The molecule has 1 atom stereocenters. The van der Waals surface area contributed by atoms with Crippen LogP contribution in [-0.2, 0) is 21.2 Å². The van der Waals surface area contributed by atoms with Gasteiger partial charge in [-0.2, -0.15) is 4.31 Å². The number of carbonyl (C=O) groups excluding carboxylic acids is 1. The number of sulfonamides is 1. The van der Waals surface area contributed by atoms with Gasteiger partial charge in [0.15, 0.2) is 0 Å². The second-order valence-electron chi connectivity index (χ2n) is 7.43. The third kappa shape index (κ3) is 5.20. The number of hydrogen-bond acceptors (Lipinski definition) is 3. The second kappa shape index (κ2) is 9.34. The van der Waals surface area contributed by atoms with Gasteiger partial charge >= 0.3 is 0 Å². The van der Waals surface area contributed by atoms with Crippen LogP contribution in [0.15, 0.2) is 65.6 Å². The fourth-order valence-electron chi connectivity index (χ4n) is 3.56. The van der Waals surface area contributed by atoms with E-state index in [1.54, 1.807) is 30.3 Å². The Hall–Kier alpha value is -2.18. The molecule has 1 aliphatic rings. The summed E-state index contributed by atoms with van der Waals surface area (Å²) < 4.78 is 26.9. The molecular weight excluding hydrogens is 372 g/mol. The summed E-state index contributed by atoms with van der Waals surface area (Å²) in [4.78, 5) is 12.9. The standard InChI is InChI=1S/C22H28N2O3S/c1-18(12-13-19-8-4-2-5-9-19)23-22(25)20-14-16-24(17-15-20)28(26,27)21-10-6-3-7-11-21/h2-11,18,20H,12-17H2,1H3,(H,23,25)/t18-/m1/s1. The number of rotatable bonds is 7. The van der Waals surface area contributed by atoms with E-state index in [1.807, 2.05) is 25.1 Å². The molecular formula is C22H28N2O3S. The predicted octanol–water partition coefficient (Wildman–Crippen LogP) is 3.22. The monoisotopic (exact) mass is 400 g/mol. The average molecular weight is 401 g/mol. The van der Waals surface area contributed by atoms with Crippen LogP contribution in [0.5, 0.6) is 0 Å². The van der Waals surface area contributed by atoms with Gasteiger partial charge < -0.3 is 5.32 Å². The molecule has 1 aliphatic heterocycles. The van der Waals surface area contributed by atoms with Crippen LogP contribution in [0.1, 0.15) is 31.7 Å². The molecule has 28 heavy (non-hydrogen) atoms. The van der Waals surface area contributed by atoms with Crippen LogP contribution in [0.25, 0.3) is 0 Å². The topological polar surface area (TPSA) is 66.5 Å². The molecule has 0 radical (unpaired) electrons. The van der Waals surface area contributed by atoms with Crippen LogP contribution < -0.4 is 5.32 Å². The van der Waals surface area contributed by atoms with E-state index in [1.165, 1.54) is 9.87 Å². The van der Waals surface area contributed by atoms with Gasteiger partial charge in [-0.1, -0.05) is 48.5 Å². The quantitative estimate of drug-likeness (QED) is 0.776. The van der Waals surface area contributed by atoms with Crippen molar-refractivity contribution < 1.29 is 13.2 Å². The molecule has 3 rings (SSSR count). The van der Waals surface area contributed by atoms with E-state index in [2.05, 4.69) is 17.4 Å². The molecule has 2 aromatic carbocycles. The summed E-state index contributed by atoms with van der Waals surface area (Å²) in [6, 6.07) is 18.8. The minimum atomic E-state index is -3.47. The Bertz CT molecular complexity index is 861. The van der Waals surface area contributed by atoms with Crippen molar-refractivity contribution in [2.75, 3.05) is 13.1 Å². The molecule has 0 spiro atoms. The molecule has 2 aromatic rings. The van der Waals surface area contributed by atoms with E-state index >= 15 is 0 Å². The third-order valence-corrected chi connectivity index (χ3v) is 7.22. The molecule has 1 heterocycles. The molecule has 6 heteroatoms. The predicted molar refractivity (Wildman–Crippen MR) is 110 cm³/mol. The lowest BCUT2D eigenvalue weighted by Crippen LogP contribution is -2.44. The highest BCUT2D eigenvalue weighted by Gasteiger charge is 2.32. The lowest BCUT2D eigenvalue weighted by molar-refractivity contribution is -0.126. The number of piperidine rings is 1. The number of carbonyl (C=O) groups is 1. The zero-order valence-corrected chi connectivity index (χ0v) is 17.1. The number of amides is 1. The Morgan fingerprint density at radius 3 is 2.21 bits per heavy atom. The normalized spacial score (nSPS) is 17.2. The van der Waals surface area contributed by atoms with Gasteiger partial charge in [-0.05, 0) is 50.3 Å². The maximum atomic E-state index is 12.7. The minimum Gasteiger partial charge on any atom is -0.353 e. The van der Waals surface area contributed by atoms with Crippen molar-refractivity contribution in [3.05, 3.63) is 66.2 Å². The van der Waals surface area contributed by atoms with E-state index < -0.39 is 10.0 Å². The largest absolute Gasteiger partial charge is 0.353 e. The van der Waals surface area contributed by atoms with Crippen molar-refractivity contribution in [3.63, 3.8) is 0 Å². The zero-order chi connectivity index (χ0) is 20.0. The van der Waals surface area contributed by atoms with Crippen molar-refractivity contribution in [2.24, 2.45) is 5.92 Å². The van der Waals surface area contributed by atoms with E-state index in [0.717, 1.165) is 12.8 Å². The van der Waals surface area contributed by atoms with E-state index in [-0.39, 0.29) is 17.9 Å². The highest BCUT2D eigenvalue weighted by Crippen LogP contribution is 2.24. The average Bonchev–Trinajstić information content (AvgIpc) is 2.73. The number of aryl methyl sites for hydroxylation is 1. The van der Waals surface area contributed by atoms with Crippen LogP contribution in [0.2, 0.25) is 0 Å². The van der Waals surface area contributed by atoms with Gasteiger partial charge in [-0.3, -0.25) is 4.79 Å². The van der Waals surface area contributed by atoms with Gasteiger partial charge in [0.1, 0.15) is 0 Å². The molecule has 1 saturated heterocycles. The lowest BCUT2D eigenvalue weighted by Gasteiger charge is -2.31. The Morgan fingerprint density at radius 1 is 1.04 bits per heavy atom. The maximum Gasteiger partial charge on any atom is 0.243 e. The fourth-order valence-corrected chi connectivity index (χ4v) is 5.05. The number of benzene rings is 2. The second-order valence-corrected chi connectivity index (χ2v) is 9.36. The first-order valence-corrected chi connectivity index (χ1v) is 11.3. The summed E-state index contributed by atoms with van der Waals surface area (Å²) in [6.07, 6.45) is 2.93. The van der Waals surface area contributed by atoms with Crippen LogP contribution in [0.3, 0.4) is 0 Å². The molecule has 150 valence electrons. The van der Waals surface area contributed by atoms with Gasteiger partial charge in [0, 0.05) is 25.0 Å². The summed E-state index contributed by atoms with van der Waals surface area (Å²) in [7, 11) is -3.47. The summed E-state index contributed by atoms with van der Waals surface area (Å²) in [5, 5.41) is 3.10. The summed E-state index contributed by atoms with van der Waals surface area (Å²) in [5.74, 6) is -0.0845. The first-order chi connectivity index (χ1) is 13.5. The Kier molecular flexibility index (Phi) is 6.86. The number of hydrogen-bond donors (Lipinski definition) is 1. The van der Waals surface area contributed by atoms with Gasteiger partial charge in [0.2, 0.25) is 15.9 Å². The molecule has 5 nitrogen and oxygen atoms in total. The van der Waals surface area contributed by atoms with Gasteiger partial charge in [0.25, 0.3) is 0 Å². The van der Waals surface area contributed by atoms with Gasteiger partial charge in [-0.15, -0.1) is 0 Å². The highest BCUT2D eigenvalue weighted by molar-refractivity contribution is 7.89. The molecule has 0 aromatic heterocycles. The van der Waals surface area contributed by atoms with E-state index in [0.29, 0.717) is 30.8 Å². The molecule has 1 N–H and O–H groups in total. The fraction of sp³-hybridized carbons (Fsp3) is 0.409. The molecule has 0 saturated carbocycles. The van der Waals surface area contributed by atoms with Gasteiger partial charge in [-0.25, -0.2) is 8.42 Å². The summed E-state index contributed by atoms with van der Waals surface area (Å²) in [6.45, 7) is 2.79. The molecule has 1 fully saturated rings. The Labute approximate surface area is 167 Å². The van der Waals surface area contributed by atoms with Crippen molar-refractivity contribution in [1.82, 2.24) is 9.62 Å². The van der Waals surface area contributed by atoms with Crippen molar-refractivity contribution in [3.8, 4) is 0 Å². The summed E-state index contributed by atoms with van der Waals surface area (Å²) in [5.41, 5.74) is 1.27. The minimum absolute atomic E-state index is 0.0392. The summed E-state index contributed by atoms with van der Waals surface area (Å²) >= 11 is 0. The molecule has 1 amide bonds. The van der Waals surface area contributed by atoms with E-state index in [4.69, 9.17) is 0 Å². The first-order valence-electron chi connectivity index (χ1n) is 9.86. The Morgan fingerprint density at radius 2 is 1.61 bits per heavy atom. The van der Waals surface area contributed by atoms with Crippen LogP contribution in [0.4, 0.5) is 0 Å². The van der Waals surface area contributed by atoms with Crippen molar-refractivity contribution in [1.29, 1.82) is 0 Å². The molecule has 0 unspecified atom stereocenters. The maximum absolute atomic E-state index is 12.7. The number of nitrogens with zero attached hydrogens (tertiary/aromatic N) is 1. The smallest absolute Gasteiger partial charge is 0.243 e. The third-order valence-electron chi connectivity index (χ3n) is 5.30. The number of nitrogens with one attached hydrogen (secondary N) is 1. The molecule has 0 bridgehead atoms. The van der Waals surface area contributed by atoms with Crippen LogP contribution in [0, 0.1) is 5.92 Å². The zero-order valence-electron chi connectivity index (χ0n) is 16.3. The first kappa shape index (κ1) is 20.6. The van der Waals surface area contributed by atoms with E-state index in [9.17, 15) is 13.2 Å².